The van der Waals surface area contributed by atoms with E-state index in [9.17, 15) is 4.79 Å². The van der Waals surface area contributed by atoms with Gasteiger partial charge in [0.15, 0.2) is 5.82 Å². The summed E-state index contributed by atoms with van der Waals surface area (Å²) in [6.45, 7) is 1.84. The minimum Gasteiger partial charge on any atom is -0.382 e. The molecule has 17 heavy (non-hydrogen) atoms. The van der Waals surface area contributed by atoms with Gasteiger partial charge in [0.1, 0.15) is 11.0 Å². The van der Waals surface area contributed by atoms with Crippen molar-refractivity contribution >= 4 is 40.0 Å². The van der Waals surface area contributed by atoms with Gasteiger partial charge in [0.25, 0.3) is 0 Å². The summed E-state index contributed by atoms with van der Waals surface area (Å²) < 4.78 is 4.08. The van der Waals surface area contributed by atoms with E-state index < -0.39 is 0 Å². The van der Waals surface area contributed by atoms with Gasteiger partial charge in [0.05, 0.1) is 4.90 Å². The second kappa shape index (κ2) is 5.14. The Morgan fingerprint density at radius 2 is 2.35 bits per heavy atom. The Labute approximate surface area is 109 Å². The maximum atomic E-state index is 11.8. The molecule has 0 spiro atoms. The molecule has 4 N–H and O–H groups in total. The highest BCUT2D eigenvalue weighted by Gasteiger charge is 2.26. The van der Waals surface area contributed by atoms with Crippen molar-refractivity contribution in [2.24, 2.45) is 0 Å². The molecule has 7 heteroatoms. The van der Waals surface area contributed by atoms with Gasteiger partial charge < -0.3 is 16.4 Å². The van der Waals surface area contributed by atoms with E-state index in [1.165, 1.54) is 23.3 Å². The highest BCUT2D eigenvalue weighted by molar-refractivity contribution is 7.99. The Bertz CT molecular complexity index is 416. The third-order valence-electron chi connectivity index (χ3n) is 2.54. The van der Waals surface area contributed by atoms with Crippen LogP contribution >= 0.6 is 23.3 Å². The first kappa shape index (κ1) is 12.5. The molecule has 0 radical (unpaired) electrons. The second-order valence-corrected chi connectivity index (χ2v) is 5.67. The topological polar surface area (TPSA) is 80.0 Å². The van der Waals surface area contributed by atoms with E-state index in [4.69, 9.17) is 5.73 Å². The lowest BCUT2D eigenvalue weighted by atomic mass is 10.3. The molecule has 2 rings (SSSR count). The van der Waals surface area contributed by atoms with Crippen LogP contribution in [0.4, 0.5) is 10.8 Å². The van der Waals surface area contributed by atoms with E-state index >= 15 is 0 Å². The normalized spacial score (nSPS) is 16.6. The summed E-state index contributed by atoms with van der Waals surface area (Å²) in [6, 6.07) is 0.125. The molecule has 1 aromatic heterocycles. The van der Waals surface area contributed by atoms with Gasteiger partial charge in [-0.15, -0.1) is 11.8 Å². The molecule has 1 amide bonds. The average Bonchev–Trinajstić information content (AvgIpc) is 3.03. The first-order valence-electron chi connectivity index (χ1n) is 5.48. The molecule has 1 aliphatic carbocycles. The number of nitrogens with zero attached hydrogens (tertiary/aromatic N) is 1. The van der Waals surface area contributed by atoms with Crippen LogP contribution in [0.3, 0.4) is 0 Å². The third kappa shape index (κ3) is 3.04. The number of anilines is 2. The number of nitrogen functional groups attached to an aromatic ring is 1. The smallest absolute Gasteiger partial charge is 0.242 e. The number of rotatable bonds is 5. The molecule has 1 aliphatic rings. The molecule has 1 aromatic rings. The maximum absolute atomic E-state index is 11.8. The van der Waals surface area contributed by atoms with Gasteiger partial charge in [-0.05, 0) is 37.6 Å². The Hall–Kier alpha value is -0.950. The van der Waals surface area contributed by atoms with Crippen LogP contribution in [-0.2, 0) is 4.79 Å². The van der Waals surface area contributed by atoms with Crippen molar-refractivity contribution < 1.29 is 4.79 Å². The number of carbonyl (C=O) groups is 1. The Morgan fingerprint density at radius 1 is 1.65 bits per heavy atom. The van der Waals surface area contributed by atoms with Crippen molar-refractivity contribution in [3.8, 4) is 0 Å². The lowest BCUT2D eigenvalue weighted by Gasteiger charge is -2.14. The number of nitrogens with two attached hydrogens (primary N) is 1. The van der Waals surface area contributed by atoms with Gasteiger partial charge in [-0.1, -0.05) is 0 Å². The molecule has 1 saturated carbocycles. The number of amides is 1. The van der Waals surface area contributed by atoms with Crippen molar-refractivity contribution in [3.05, 3.63) is 0 Å². The Morgan fingerprint density at radius 3 is 2.94 bits per heavy atom. The molecular formula is C10H16N4OS2. The fraction of sp³-hybridized carbons (Fsp3) is 0.600. The summed E-state index contributed by atoms with van der Waals surface area (Å²) in [5, 5.41) is 6.99. The lowest BCUT2D eigenvalue weighted by molar-refractivity contribution is -0.121. The van der Waals surface area contributed by atoms with Crippen LogP contribution in [0, 0.1) is 0 Å². The number of carbonyl (C=O) groups excluding carboxylic acids is 1. The Kier molecular flexibility index (Phi) is 3.78. The second-order valence-electron chi connectivity index (χ2n) is 4.08. The van der Waals surface area contributed by atoms with Gasteiger partial charge >= 0.3 is 0 Å². The van der Waals surface area contributed by atoms with E-state index in [0.29, 0.717) is 11.9 Å². The molecule has 5 nitrogen and oxygen atoms in total. The van der Waals surface area contributed by atoms with E-state index in [1.54, 1.807) is 0 Å². The zero-order chi connectivity index (χ0) is 12.4. The molecule has 0 saturated heterocycles. The summed E-state index contributed by atoms with van der Waals surface area (Å²) in [5.74, 6) is 0.561. The first-order valence-corrected chi connectivity index (χ1v) is 7.47. The van der Waals surface area contributed by atoms with Gasteiger partial charge in [-0.25, -0.2) is 0 Å². The first-order chi connectivity index (χ1) is 8.11. The summed E-state index contributed by atoms with van der Waals surface area (Å²) in [5.41, 5.74) is 5.73. The van der Waals surface area contributed by atoms with Crippen molar-refractivity contribution in [2.75, 3.05) is 17.3 Å². The molecule has 1 heterocycles. The van der Waals surface area contributed by atoms with Crippen LogP contribution in [-0.4, -0.2) is 28.6 Å². The largest absolute Gasteiger partial charge is 0.382 e. The van der Waals surface area contributed by atoms with Gasteiger partial charge in [0.2, 0.25) is 5.91 Å². The molecular weight excluding hydrogens is 256 g/mol. The zero-order valence-corrected chi connectivity index (χ0v) is 11.5. The van der Waals surface area contributed by atoms with Crippen LogP contribution in [0.5, 0.6) is 0 Å². The summed E-state index contributed by atoms with van der Waals surface area (Å²) in [4.78, 5) is 12.7. The van der Waals surface area contributed by atoms with E-state index in [2.05, 4.69) is 15.0 Å². The summed E-state index contributed by atoms with van der Waals surface area (Å²) in [7, 11) is 0. The van der Waals surface area contributed by atoms with Crippen molar-refractivity contribution in [2.45, 2.75) is 36.7 Å². The molecule has 0 bridgehead atoms. The number of thioether (sulfide) groups is 1. The van der Waals surface area contributed by atoms with E-state index in [1.807, 2.05) is 13.2 Å². The highest BCUT2D eigenvalue weighted by atomic mass is 32.2. The fourth-order valence-electron chi connectivity index (χ4n) is 1.40. The Balaban J connectivity index is 1.96. The SMILES string of the molecule is CSc1c(N)nsc1NC(C)C(=O)NC1CC1. The van der Waals surface area contributed by atoms with Gasteiger partial charge in [-0.2, -0.15) is 4.37 Å². The predicted molar refractivity (Wildman–Crippen MR) is 72.6 cm³/mol. The van der Waals surface area contributed by atoms with Crippen molar-refractivity contribution in [3.63, 3.8) is 0 Å². The summed E-state index contributed by atoms with van der Waals surface area (Å²) >= 11 is 2.83. The van der Waals surface area contributed by atoms with Crippen molar-refractivity contribution in [1.29, 1.82) is 0 Å². The van der Waals surface area contributed by atoms with Crippen LogP contribution < -0.4 is 16.4 Å². The zero-order valence-electron chi connectivity index (χ0n) is 9.82. The minimum absolute atomic E-state index is 0.0338. The minimum atomic E-state index is -0.263. The van der Waals surface area contributed by atoms with Crippen molar-refractivity contribution in [1.82, 2.24) is 9.69 Å². The predicted octanol–water partition coefficient (Wildman–Crippen LogP) is 1.53. The number of hydrogen-bond donors (Lipinski definition) is 3. The van der Waals surface area contributed by atoms with E-state index in [0.717, 1.165) is 22.7 Å². The van der Waals surface area contributed by atoms with Crippen LogP contribution in [0.25, 0.3) is 0 Å². The fourth-order valence-corrected chi connectivity index (χ4v) is 3.02. The van der Waals surface area contributed by atoms with Crippen LogP contribution in [0.2, 0.25) is 0 Å². The van der Waals surface area contributed by atoms with Gasteiger partial charge in [0, 0.05) is 6.04 Å². The maximum Gasteiger partial charge on any atom is 0.242 e. The average molecular weight is 272 g/mol. The monoisotopic (exact) mass is 272 g/mol. The molecule has 0 aromatic carbocycles. The van der Waals surface area contributed by atoms with Crippen LogP contribution in [0.1, 0.15) is 19.8 Å². The van der Waals surface area contributed by atoms with E-state index in [-0.39, 0.29) is 11.9 Å². The molecule has 94 valence electrons. The number of nitrogens with one attached hydrogen (secondary N) is 2. The standard InChI is InChI=1S/C10H16N4OS2/c1-5(9(15)13-6-3-4-6)12-10-7(16-2)8(11)14-17-10/h5-6,12H,3-4H2,1-2H3,(H2,11,14)(H,13,15). The van der Waals surface area contributed by atoms with Gasteiger partial charge in [-0.3, -0.25) is 4.79 Å². The number of hydrogen-bond acceptors (Lipinski definition) is 6. The number of aromatic nitrogens is 1. The quantitative estimate of drug-likeness (QED) is 0.708. The molecule has 1 atom stereocenters. The lowest BCUT2D eigenvalue weighted by Crippen LogP contribution is -2.38. The molecule has 0 aliphatic heterocycles. The van der Waals surface area contributed by atoms with Crippen LogP contribution in [0.15, 0.2) is 4.90 Å². The summed E-state index contributed by atoms with van der Waals surface area (Å²) in [6.07, 6.45) is 4.14. The molecule has 1 fully saturated rings. The highest BCUT2D eigenvalue weighted by Crippen LogP contribution is 2.34. The molecule has 1 unspecified atom stereocenters. The third-order valence-corrected chi connectivity index (χ3v) is 4.29.